The van der Waals surface area contributed by atoms with Crippen LogP contribution in [0.4, 0.5) is 0 Å². The summed E-state index contributed by atoms with van der Waals surface area (Å²) < 4.78 is 30.9. The summed E-state index contributed by atoms with van der Waals surface area (Å²) in [6.07, 6.45) is 2.13. The summed E-state index contributed by atoms with van der Waals surface area (Å²) in [6.45, 7) is 5.63. The lowest BCUT2D eigenvalue weighted by Crippen LogP contribution is -2.19. The number of pyridine rings is 1. The molecular weight excluding hydrogens is 344 g/mol. The van der Waals surface area contributed by atoms with Crippen molar-refractivity contribution in [1.29, 1.82) is 0 Å². The van der Waals surface area contributed by atoms with E-state index in [2.05, 4.69) is 15.0 Å². The van der Waals surface area contributed by atoms with Crippen molar-refractivity contribution in [2.24, 2.45) is 7.05 Å². The van der Waals surface area contributed by atoms with Crippen LogP contribution in [-0.2, 0) is 22.6 Å². The molecule has 0 aliphatic carbocycles. The Bertz CT molecular complexity index is 896. The number of sulfone groups is 1. The van der Waals surface area contributed by atoms with E-state index in [1.807, 2.05) is 0 Å². The summed E-state index contributed by atoms with van der Waals surface area (Å²) in [5.74, 6) is 0.199. The average molecular weight is 366 g/mol. The van der Waals surface area contributed by atoms with Gasteiger partial charge in [0.1, 0.15) is 5.75 Å². The molecular formula is C16H22N4O4S. The number of nitrogens with zero attached hydrogens (tertiary/aromatic N) is 4. The highest BCUT2D eigenvalue weighted by Crippen LogP contribution is 2.18. The van der Waals surface area contributed by atoms with Crippen molar-refractivity contribution in [2.75, 3.05) is 12.4 Å². The molecule has 0 aromatic carbocycles. The number of hydrogen-bond acceptors (Lipinski definition) is 7. The molecule has 0 atom stereocenters. The Morgan fingerprint density at radius 1 is 1.20 bits per heavy atom. The number of hydrogen-bond donors (Lipinski definition) is 0. The Labute approximate surface area is 146 Å². The Balaban J connectivity index is 2.53. The Morgan fingerprint density at radius 2 is 1.92 bits per heavy atom. The number of ether oxygens (including phenoxy) is 1. The molecule has 0 fully saturated rings. The van der Waals surface area contributed by atoms with E-state index < -0.39 is 9.84 Å². The minimum Gasteiger partial charge on any atom is -0.464 e. The van der Waals surface area contributed by atoms with Gasteiger partial charge in [-0.05, 0) is 26.3 Å². The van der Waals surface area contributed by atoms with E-state index in [1.165, 1.54) is 4.57 Å². The fourth-order valence-electron chi connectivity index (χ4n) is 2.37. The number of rotatable bonds is 7. The second-order valence-electron chi connectivity index (χ2n) is 5.71. The van der Waals surface area contributed by atoms with E-state index in [1.54, 1.807) is 40.1 Å². The Morgan fingerprint density at radius 3 is 2.52 bits per heavy atom. The average Bonchev–Trinajstić information content (AvgIpc) is 2.51. The van der Waals surface area contributed by atoms with E-state index in [9.17, 15) is 13.2 Å². The molecule has 0 saturated carbocycles. The van der Waals surface area contributed by atoms with Crippen LogP contribution in [0.5, 0.6) is 6.01 Å². The van der Waals surface area contributed by atoms with Gasteiger partial charge in [-0.2, -0.15) is 9.97 Å². The molecule has 136 valence electrons. The molecule has 0 amide bonds. The maximum Gasteiger partial charge on any atom is 0.320 e. The van der Waals surface area contributed by atoms with Gasteiger partial charge in [0.25, 0.3) is 5.56 Å². The maximum absolute atomic E-state index is 12.1. The minimum absolute atomic E-state index is 0.0664. The third-order valence-electron chi connectivity index (χ3n) is 3.42. The van der Waals surface area contributed by atoms with E-state index in [0.717, 1.165) is 0 Å². The van der Waals surface area contributed by atoms with Gasteiger partial charge in [0, 0.05) is 24.4 Å². The summed E-state index contributed by atoms with van der Waals surface area (Å²) in [7, 11) is -1.67. The van der Waals surface area contributed by atoms with E-state index in [-0.39, 0.29) is 34.7 Å². The zero-order valence-corrected chi connectivity index (χ0v) is 15.6. The summed E-state index contributed by atoms with van der Waals surface area (Å²) in [5.41, 5.74) is 1.02. The highest BCUT2D eigenvalue weighted by Gasteiger charge is 2.17. The fourth-order valence-corrected chi connectivity index (χ4v) is 3.65. The molecule has 0 saturated heterocycles. The first-order valence-corrected chi connectivity index (χ1v) is 9.83. The molecule has 2 rings (SSSR count). The lowest BCUT2D eigenvalue weighted by Gasteiger charge is -2.09. The van der Waals surface area contributed by atoms with Gasteiger partial charge in [-0.3, -0.25) is 4.79 Å². The number of aryl methyl sites for hydroxylation is 2. The second-order valence-corrected chi connectivity index (χ2v) is 7.89. The van der Waals surface area contributed by atoms with Gasteiger partial charge in [0.15, 0.2) is 21.5 Å². The van der Waals surface area contributed by atoms with Crippen molar-refractivity contribution in [3.8, 4) is 17.4 Å². The third kappa shape index (κ3) is 4.85. The van der Waals surface area contributed by atoms with Crippen LogP contribution < -0.4 is 10.3 Å². The molecule has 0 radical (unpaired) electrons. The minimum atomic E-state index is -3.30. The van der Waals surface area contributed by atoms with Crippen LogP contribution in [0, 0.1) is 6.92 Å². The summed E-state index contributed by atoms with van der Waals surface area (Å²) >= 11 is 0. The molecule has 0 aliphatic rings. The lowest BCUT2D eigenvalue weighted by molar-refractivity contribution is 0.310. The van der Waals surface area contributed by atoms with Crippen molar-refractivity contribution in [2.45, 2.75) is 32.9 Å². The van der Waals surface area contributed by atoms with Crippen molar-refractivity contribution in [3.63, 3.8) is 0 Å². The highest BCUT2D eigenvalue weighted by atomic mass is 32.2. The largest absolute Gasteiger partial charge is 0.464 e. The molecule has 0 N–H and O–H groups in total. The molecule has 25 heavy (non-hydrogen) atoms. The predicted octanol–water partition coefficient (Wildman–Crippen LogP) is 1.27. The highest BCUT2D eigenvalue weighted by molar-refractivity contribution is 7.90. The van der Waals surface area contributed by atoms with E-state index >= 15 is 0 Å². The molecule has 8 nitrogen and oxygen atoms in total. The molecule has 2 heterocycles. The standard InChI is InChI=1S/C16H22N4O4S/c1-5-7-25(22,23)10-13-17-14(19-16(18-13)24-6-2)12-8-11(3)15(21)20(4)9-12/h8-9H,5-7,10H2,1-4H3. The van der Waals surface area contributed by atoms with Gasteiger partial charge in [-0.15, -0.1) is 0 Å². The fraction of sp³-hybridized carbons (Fsp3) is 0.500. The predicted molar refractivity (Wildman–Crippen MR) is 94.2 cm³/mol. The first kappa shape index (κ1) is 19.0. The van der Waals surface area contributed by atoms with Crippen molar-refractivity contribution >= 4 is 9.84 Å². The molecule has 0 unspecified atom stereocenters. The summed E-state index contributed by atoms with van der Waals surface area (Å²) in [6, 6.07) is 1.73. The van der Waals surface area contributed by atoms with Crippen LogP contribution in [0.15, 0.2) is 17.1 Å². The van der Waals surface area contributed by atoms with Gasteiger partial charge in [-0.1, -0.05) is 6.92 Å². The van der Waals surface area contributed by atoms with Crippen LogP contribution >= 0.6 is 0 Å². The third-order valence-corrected chi connectivity index (χ3v) is 5.15. The summed E-state index contributed by atoms with van der Waals surface area (Å²) in [5, 5.41) is 0. The van der Waals surface area contributed by atoms with Crippen molar-refractivity contribution in [1.82, 2.24) is 19.5 Å². The first-order chi connectivity index (χ1) is 11.8. The van der Waals surface area contributed by atoms with Gasteiger partial charge in [0.05, 0.1) is 12.4 Å². The molecule has 0 aliphatic heterocycles. The first-order valence-electron chi connectivity index (χ1n) is 8.01. The topological polar surface area (TPSA) is 104 Å². The van der Waals surface area contributed by atoms with Crippen LogP contribution in [0.2, 0.25) is 0 Å². The van der Waals surface area contributed by atoms with Crippen molar-refractivity contribution in [3.05, 3.63) is 34.0 Å². The monoisotopic (exact) mass is 366 g/mol. The quantitative estimate of drug-likeness (QED) is 0.727. The van der Waals surface area contributed by atoms with Crippen LogP contribution in [0.1, 0.15) is 31.7 Å². The van der Waals surface area contributed by atoms with Crippen molar-refractivity contribution < 1.29 is 13.2 Å². The lowest BCUT2D eigenvalue weighted by atomic mass is 10.2. The number of aromatic nitrogens is 4. The van der Waals surface area contributed by atoms with Gasteiger partial charge >= 0.3 is 6.01 Å². The summed E-state index contributed by atoms with van der Waals surface area (Å²) in [4.78, 5) is 24.4. The second kappa shape index (κ2) is 7.73. The van der Waals surface area contributed by atoms with Gasteiger partial charge in [-0.25, -0.2) is 13.4 Å². The van der Waals surface area contributed by atoms with Crippen LogP contribution in [0.3, 0.4) is 0 Å². The van der Waals surface area contributed by atoms with Gasteiger partial charge < -0.3 is 9.30 Å². The molecule has 2 aromatic heterocycles. The smallest absolute Gasteiger partial charge is 0.320 e. The van der Waals surface area contributed by atoms with E-state index in [0.29, 0.717) is 24.2 Å². The Kier molecular flexibility index (Phi) is 5.89. The maximum atomic E-state index is 12.1. The molecule has 2 aromatic rings. The van der Waals surface area contributed by atoms with Gasteiger partial charge in [0.2, 0.25) is 0 Å². The SMILES string of the molecule is CCCS(=O)(=O)Cc1nc(OCC)nc(-c2cc(C)c(=O)n(C)c2)n1. The molecule has 9 heteroatoms. The van der Waals surface area contributed by atoms with Crippen LogP contribution in [0.25, 0.3) is 11.4 Å². The zero-order valence-electron chi connectivity index (χ0n) is 14.8. The van der Waals surface area contributed by atoms with E-state index in [4.69, 9.17) is 4.74 Å². The molecule has 0 spiro atoms. The Hall–Kier alpha value is -2.29. The zero-order chi connectivity index (χ0) is 18.6. The van der Waals surface area contributed by atoms with Crippen LogP contribution in [-0.4, -0.2) is 40.3 Å². The normalized spacial score (nSPS) is 11.5. The molecule has 0 bridgehead atoms.